The lowest BCUT2D eigenvalue weighted by Gasteiger charge is -2.39. The Morgan fingerprint density at radius 1 is 1.39 bits per heavy atom. The smallest absolute Gasteiger partial charge is 0.222 e. The Morgan fingerprint density at radius 2 is 2.11 bits per heavy atom. The molecule has 1 fully saturated rings. The first-order chi connectivity index (χ1) is 8.58. The quantitative estimate of drug-likeness (QED) is 0.778. The second kappa shape index (κ2) is 7.74. The van der Waals surface area contributed by atoms with Crippen molar-refractivity contribution >= 4 is 5.91 Å². The Morgan fingerprint density at radius 3 is 2.67 bits per heavy atom. The predicted octanol–water partition coefficient (Wildman–Crippen LogP) is 1.30. The number of hydrogen-bond acceptors (Lipinski definition) is 3. The van der Waals surface area contributed by atoms with Crippen LogP contribution in [0, 0.1) is 5.92 Å². The highest BCUT2D eigenvalue weighted by Crippen LogP contribution is 2.14. The van der Waals surface area contributed by atoms with Crippen molar-refractivity contribution in [2.45, 2.75) is 46.1 Å². The van der Waals surface area contributed by atoms with Crippen molar-refractivity contribution in [3.63, 3.8) is 0 Å². The lowest BCUT2D eigenvalue weighted by molar-refractivity contribution is -0.134. The molecule has 0 aromatic rings. The molecule has 106 valence electrons. The molecule has 0 aromatic heterocycles. The highest BCUT2D eigenvalue weighted by Gasteiger charge is 2.25. The van der Waals surface area contributed by atoms with E-state index in [2.05, 4.69) is 25.7 Å². The monoisotopic (exact) mass is 255 g/mol. The highest BCUT2D eigenvalue weighted by molar-refractivity contribution is 5.76. The van der Waals surface area contributed by atoms with Crippen LogP contribution in [0.25, 0.3) is 0 Å². The van der Waals surface area contributed by atoms with Crippen molar-refractivity contribution < 1.29 is 4.79 Å². The van der Waals surface area contributed by atoms with E-state index >= 15 is 0 Å². The molecule has 4 heteroatoms. The molecular formula is C14H29N3O. The maximum absolute atomic E-state index is 12.1. The van der Waals surface area contributed by atoms with Crippen LogP contribution in [-0.2, 0) is 4.79 Å². The third-order valence-electron chi connectivity index (χ3n) is 4.03. The fourth-order valence-corrected chi connectivity index (χ4v) is 2.65. The van der Waals surface area contributed by atoms with Crippen molar-refractivity contribution in [1.82, 2.24) is 9.80 Å². The fourth-order valence-electron chi connectivity index (χ4n) is 2.65. The first-order valence-corrected chi connectivity index (χ1v) is 7.30. The summed E-state index contributed by atoms with van der Waals surface area (Å²) >= 11 is 0. The van der Waals surface area contributed by atoms with Crippen molar-refractivity contribution in [2.24, 2.45) is 11.7 Å². The van der Waals surface area contributed by atoms with Gasteiger partial charge >= 0.3 is 0 Å². The van der Waals surface area contributed by atoms with Gasteiger partial charge in [-0.1, -0.05) is 13.8 Å². The zero-order valence-electron chi connectivity index (χ0n) is 12.2. The van der Waals surface area contributed by atoms with E-state index in [1.807, 2.05) is 4.90 Å². The average Bonchev–Trinajstić information content (AvgIpc) is 2.36. The molecule has 0 saturated carbocycles. The normalized spacial score (nSPS) is 23.1. The van der Waals surface area contributed by atoms with Gasteiger partial charge in [-0.3, -0.25) is 9.69 Å². The van der Waals surface area contributed by atoms with E-state index in [0.717, 1.165) is 45.6 Å². The largest absolute Gasteiger partial charge is 0.340 e. The van der Waals surface area contributed by atoms with Crippen LogP contribution in [0.3, 0.4) is 0 Å². The van der Waals surface area contributed by atoms with Crippen LogP contribution in [0.5, 0.6) is 0 Å². The van der Waals surface area contributed by atoms with Crippen LogP contribution in [-0.4, -0.2) is 54.5 Å². The number of likely N-dealkylation sites (N-methyl/N-ethyl adjacent to an activating group) is 1. The molecule has 2 atom stereocenters. The van der Waals surface area contributed by atoms with Gasteiger partial charge in [-0.2, -0.15) is 0 Å². The molecule has 1 heterocycles. The summed E-state index contributed by atoms with van der Waals surface area (Å²) in [4.78, 5) is 16.6. The third-order valence-corrected chi connectivity index (χ3v) is 4.03. The number of nitrogens with zero attached hydrogens (tertiary/aromatic N) is 2. The van der Waals surface area contributed by atoms with Crippen LogP contribution < -0.4 is 5.73 Å². The summed E-state index contributed by atoms with van der Waals surface area (Å²) in [5.74, 6) is 0.884. The lowest BCUT2D eigenvalue weighted by atomic mass is 10.0. The van der Waals surface area contributed by atoms with Crippen molar-refractivity contribution in [2.75, 3.05) is 32.7 Å². The summed E-state index contributed by atoms with van der Waals surface area (Å²) in [5.41, 5.74) is 5.53. The highest BCUT2D eigenvalue weighted by atomic mass is 16.2. The Balaban J connectivity index is 2.30. The number of piperazine rings is 1. The molecule has 1 rings (SSSR count). The van der Waals surface area contributed by atoms with Crippen LogP contribution in [0.1, 0.15) is 40.0 Å². The van der Waals surface area contributed by atoms with E-state index < -0.39 is 0 Å². The van der Waals surface area contributed by atoms with Crippen LogP contribution in [0.4, 0.5) is 0 Å². The molecule has 4 nitrogen and oxygen atoms in total. The minimum Gasteiger partial charge on any atom is -0.340 e. The maximum Gasteiger partial charge on any atom is 0.222 e. The molecule has 2 N–H and O–H groups in total. The van der Waals surface area contributed by atoms with Crippen LogP contribution in [0.15, 0.2) is 0 Å². The molecule has 1 aliphatic rings. The van der Waals surface area contributed by atoms with E-state index in [0.29, 0.717) is 24.3 Å². The van der Waals surface area contributed by atoms with Gasteiger partial charge in [0.2, 0.25) is 5.91 Å². The van der Waals surface area contributed by atoms with Crippen molar-refractivity contribution in [3.8, 4) is 0 Å². The minimum atomic E-state index is 0.321. The second-order valence-electron chi connectivity index (χ2n) is 5.54. The zero-order valence-corrected chi connectivity index (χ0v) is 12.2. The van der Waals surface area contributed by atoms with Gasteiger partial charge in [0.15, 0.2) is 0 Å². The molecule has 0 spiro atoms. The van der Waals surface area contributed by atoms with Gasteiger partial charge < -0.3 is 10.6 Å². The Hall–Kier alpha value is -0.610. The summed E-state index contributed by atoms with van der Waals surface area (Å²) in [7, 11) is 0. The summed E-state index contributed by atoms with van der Waals surface area (Å²) in [6, 6.07) is 0.495. The number of nitrogens with two attached hydrogens (primary N) is 1. The van der Waals surface area contributed by atoms with E-state index in [4.69, 9.17) is 5.73 Å². The van der Waals surface area contributed by atoms with Crippen molar-refractivity contribution in [1.29, 1.82) is 0 Å². The molecule has 1 saturated heterocycles. The maximum atomic E-state index is 12.1. The van der Waals surface area contributed by atoms with Crippen LogP contribution >= 0.6 is 0 Å². The van der Waals surface area contributed by atoms with Gasteiger partial charge in [0, 0.05) is 32.1 Å². The molecule has 18 heavy (non-hydrogen) atoms. The van der Waals surface area contributed by atoms with E-state index in [-0.39, 0.29) is 0 Å². The Bertz CT molecular complexity index is 257. The van der Waals surface area contributed by atoms with Gasteiger partial charge in [0.1, 0.15) is 0 Å². The van der Waals surface area contributed by atoms with Gasteiger partial charge in [0.25, 0.3) is 0 Å². The Kier molecular flexibility index (Phi) is 6.65. The number of hydrogen-bond donors (Lipinski definition) is 1. The number of carbonyl (C=O) groups excluding carboxylic acids is 1. The van der Waals surface area contributed by atoms with E-state index in [9.17, 15) is 4.79 Å². The second-order valence-corrected chi connectivity index (χ2v) is 5.54. The summed E-state index contributed by atoms with van der Waals surface area (Å²) < 4.78 is 0. The number of carbonyl (C=O) groups is 1. The standard InChI is InChI=1S/C14H29N3O/c1-4-16-9-10-17(11-13(16)3)14(18)6-5-12(2)7-8-15/h12-13H,4-11,15H2,1-3H3. The van der Waals surface area contributed by atoms with Crippen molar-refractivity contribution in [3.05, 3.63) is 0 Å². The molecule has 1 amide bonds. The molecule has 0 aromatic carbocycles. The molecular weight excluding hydrogens is 226 g/mol. The zero-order chi connectivity index (χ0) is 13.5. The number of rotatable bonds is 6. The van der Waals surface area contributed by atoms with Crippen LogP contribution in [0.2, 0.25) is 0 Å². The van der Waals surface area contributed by atoms with Gasteiger partial charge in [-0.25, -0.2) is 0 Å². The number of amides is 1. The summed E-state index contributed by atoms with van der Waals surface area (Å²) in [5, 5.41) is 0. The molecule has 0 aliphatic carbocycles. The lowest BCUT2D eigenvalue weighted by Crippen LogP contribution is -2.53. The SMILES string of the molecule is CCN1CCN(C(=O)CCC(C)CCN)CC1C. The molecule has 1 aliphatic heterocycles. The first-order valence-electron chi connectivity index (χ1n) is 7.30. The molecule has 0 radical (unpaired) electrons. The van der Waals surface area contributed by atoms with E-state index in [1.54, 1.807) is 0 Å². The van der Waals surface area contributed by atoms with Gasteiger partial charge in [0.05, 0.1) is 0 Å². The Labute approximate surface area is 111 Å². The third kappa shape index (κ3) is 4.58. The minimum absolute atomic E-state index is 0.321. The molecule has 0 bridgehead atoms. The first kappa shape index (κ1) is 15.4. The average molecular weight is 255 g/mol. The summed E-state index contributed by atoms with van der Waals surface area (Å²) in [6.45, 7) is 11.2. The van der Waals surface area contributed by atoms with E-state index in [1.165, 1.54) is 0 Å². The fraction of sp³-hybridized carbons (Fsp3) is 0.929. The predicted molar refractivity (Wildman–Crippen MR) is 75.4 cm³/mol. The van der Waals surface area contributed by atoms with Gasteiger partial charge in [-0.05, 0) is 38.8 Å². The summed E-state index contributed by atoms with van der Waals surface area (Å²) in [6.07, 6.45) is 2.67. The molecule has 2 unspecified atom stereocenters. The van der Waals surface area contributed by atoms with Gasteiger partial charge in [-0.15, -0.1) is 0 Å². The topological polar surface area (TPSA) is 49.6 Å².